The quantitative estimate of drug-likeness (QED) is 0.442. The lowest BCUT2D eigenvalue weighted by molar-refractivity contribution is -0.132. The Morgan fingerprint density at radius 3 is 2.42 bits per heavy atom. The summed E-state index contributed by atoms with van der Waals surface area (Å²) in [5, 5.41) is 11.3. The smallest absolute Gasteiger partial charge is 0.267 e. The number of hydroxylamine groups is 1. The van der Waals surface area contributed by atoms with Gasteiger partial charge >= 0.3 is 0 Å². The molecule has 5 N–H and O–H groups in total. The molecule has 0 unspecified atom stereocenters. The third-order valence-electron chi connectivity index (χ3n) is 4.22. The molecular weight excluding hydrogens is 310 g/mol. The summed E-state index contributed by atoms with van der Waals surface area (Å²) in [5.74, 6) is 0.128. The topological polar surface area (TPSA) is 114 Å². The second-order valence-corrected chi connectivity index (χ2v) is 6.84. The van der Waals surface area contributed by atoms with Crippen molar-refractivity contribution in [3.63, 3.8) is 0 Å². The molecule has 7 heteroatoms. The molecule has 1 saturated carbocycles. The van der Waals surface area contributed by atoms with Gasteiger partial charge in [-0.2, -0.15) is 0 Å². The monoisotopic (exact) mass is 335 g/mol. The van der Waals surface area contributed by atoms with E-state index in [2.05, 4.69) is 5.32 Å². The summed E-state index contributed by atoms with van der Waals surface area (Å²) in [4.78, 5) is 24.0. The number of carbonyl (C=O) groups excluding carboxylic acids is 2. The van der Waals surface area contributed by atoms with Crippen molar-refractivity contribution >= 4 is 11.8 Å². The summed E-state index contributed by atoms with van der Waals surface area (Å²) in [6.07, 6.45) is 3.69. The van der Waals surface area contributed by atoms with Crippen molar-refractivity contribution in [3.8, 4) is 5.75 Å². The molecule has 2 rings (SSSR count). The lowest BCUT2D eigenvalue weighted by Gasteiger charge is -2.29. The fourth-order valence-electron chi connectivity index (χ4n) is 2.44. The molecule has 1 aliphatic rings. The number of hydrogen-bond acceptors (Lipinski definition) is 5. The third-order valence-corrected chi connectivity index (χ3v) is 4.22. The predicted octanol–water partition coefficient (Wildman–Crippen LogP) is 1.21. The molecule has 1 fully saturated rings. The Morgan fingerprint density at radius 2 is 1.96 bits per heavy atom. The number of hydrogen-bond donors (Lipinski definition) is 4. The van der Waals surface area contributed by atoms with Gasteiger partial charge in [0.25, 0.3) is 11.8 Å². The number of rotatable bonds is 7. The van der Waals surface area contributed by atoms with Gasteiger partial charge in [0, 0.05) is 11.1 Å². The minimum absolute atomic E-state index is 0.381. The van der Waals surface area contributed by atoms with Gasteiger partial charge in [-0.15, -0.1) is 0 Å². The van der Waals surface area contributed by atoms with Gasteiger partial charge < -0.3 is 15.8 Å². The van der Waals surface area contributed by atoms with E-state index in [1.165, 1.54) is 24.7 Å². The predicted molar refractivity (Wildman–Crippen MR) is 88.7 cm³/mol. The van der Waals surface area contributed by atoms with Gasteiger partial charge in [0.1, 0.15) is 11.8 Å². The Hall–Kier alpha value is -2.12. The maximum Gasteiger partial charge on any atom is 0.267 e. The Labute approximate surface area is 141 Å². The van der Waals surface area contributed by atoms with Gasteiger partial charge in [0.05, 0.1) is 6.61 Å². The number of benzene rings is 1. The largest absolute Gasteiger partial charge is 0.493 e. The fourth-order valence-corrected chi connectivity index (χ4v) is 2.44. The van der Waals surface area contributed by atoms with Crippen LogP contribution < -0.4 is 21.3 Å². The van der Waals surface area contributed by atoms with Crippen LogP contribution in [0.5, 0.6) is 5.75 Å². The average molecular weight is 335 g/mol. The van der Waals surface area contributed by atoms with Crippen LogP contribution in [0.1, 0.15) is 43.5 Å². The molecule has 1 atom stereocenters. The molecule has 0 saturated heterocycles. The number of ether oxygens (including phenoxy) is 1. The molecule has 132 valence electrons. The molecule has 0 radical (unpaired) electrons. The molecular formula is C17H25N3O4. The van der Waals surface area contributed by atoms with E-state index in [0.717, 1.165) is 0 Å². The van der Waals surface area contributed by atoms with E-state index in [-0.39, 0.29) is 0 Å². The van der Waals surface area contributed by atoms with E-state index in [1.807, 2.05) is 0 Å². The second-order valence-electron chi connectivity index (χ2n) is 6.84. The number of nitrogens with one attached hydrogen (secondary N) is 2. The lowest BCUT2D eigenvalue weighted by Crippen LogP contribution is -2.61. The van der Waals surface area contributed by atoms with Crippen LogP contribution in [0.4, 0.5) is 0 Å². The number of amides is 2. The number of carbonyl (C=O) groups is 2. The molecule has 24 heavy (non-hydrogen) atoms. The van der Waals surface area contributed by atoms with Crippen molar-refractivity contribution < 1.29 is 19.5 Å². The van der Waals surface area contributed by atoms with Crippen molar-refractivity contribution in [3.05, 3.63) is 29.8 Å². The molecule has 1 aromatic carbocycles. The molecule has 0 aliphatic heterocycles. The van der Waals surface area contributed by atoms with E-state index >= 15 is 0 Å². The summed E-state index contributed by atoms with van der Waals surface area (Å²) in [7, 11) is 0. The van der Waals surface area contributed by atoms with Crippen LogP contribution in [0.3, 0.4) is 0 Å². The first-order valence-corrected chi connectivity index (χ1v) is 8.08. The highest BCUT2D eigenvalue weighted by atomic mass is 16.5. The van der Waals surface area contributed by atoms with E-state index in [0.29, 0.717) is 23.8 Å². The highest BCUT2D eigenvalue weighted by Crippen LogP contribution is 2.27. The SMILES string of the molecule is CC(C)(N)[C@H](NC(=O)c1ccc(OCC2CCC2)cc1)C(=O)NO. The van der Waals surface area contributed by atoms with Crippen molar-refractivity contribution in [2.45, 2.75) is 44.7 Å². The van der Waals surface area contributed by atoms with Crippen molar-refractivity contribution in [2.75, 3.05) is 6.61 Å². The summed E-state index contributed by atoms with van der Waals surface area (Å²) in [6.45, 7) is 3.88. The zero-order valence-corrected chi connectivity index (χ0v) is 14.0. The molecule has 7 nitrogen and oxygen atoms in total. The zero-order chi connectivity index (χ0) is 17.7. The maximum atomic E-state index is 12.3. The molecule has 1 aromatic rings. The van der Waals surface area contributed by atoms with E-state index in [9.17, 15) is 9.59 Å². The van der Waals surface area contributed by atoms with Gasteiger partial charge in [0.15, 0.2) is 0 Å². The summed E-state index contributed by atoms with van der Waals surface area (Å²) in [6, 6.07) is 5.64. The molecule has 2 amide bonds. The first-order chi connectivity index (χ1) is 11.3. The van der Waals surface area contributed by atoms with Crippen LogP contribution in [0, 0.1) is 5.92 Å². The Morgan fingerprint density at radius 1 is 1.33 bits per heavy atom. The lowest BCUT2D eigenvalue weighted by atomic mass is 9.86. The Kier molecular flexibility index (Phi) is 5.80. The highest BCUT2D eigenvalue weighted by molar-refractivity contribution is 5.97. The normalized spacial score (nSPS) is 16.0. The van der Waals surface area contributed by atoms with Crippen LogP contribution in [0.2, 0.25) is 0 Å². The maximum absolute atomic E-state index is 12.3. The first kappa shape index (κ1) is 18.2. The minimum atomic E-state index is -1.07. The molecule has 1 aliphatic carbocycles. The van der Waals surface area contributed by atoms with Gasteiger partial charge in [-0.05, 0) is 56.9 Å². The van der Waals surface area contributed by atoms with Gasteiger partial charge in [-0.25, -0.2) is 5.48 Å². The van der Waals surface area contributed by atoms with E-state index in [4.69, 9.17) is 15.7 Å². The summed E-state index contributed by atoms with van der Waals surface area (Å²) in [5.41, 5.74) is 6.76. The highest BCUT2D eigenvalue weighted by Gasteiger charge is 2.33. The summed E-state index contributed by atoms with van der Waals surface area (Å²) >= 11 is 0. The van der Waals surface area contributed by atoms with Crippen molar-refractivity contribution in [1.29, 1.82) is 0 Å². The van der Waals surface area contributed by atoms with Gasteiger partial charge in [-0.1, -0.05) is 6.42 Å². The van der Waals surface area contributed by atoms with Crippen LogP contribution in [-0.4, -0.2) is 35.2 Å². The minimum Gasteiger partial charge on any atom is -0.493 e. The van der Waals surface area contributed by atoms with Crippen LogP contribution >= 0.6 is 0 Å². The van der Waals surface area contributed by atoms with Crippen LogP contribution in [0.25, 0.3) is 0 Å². The molecule has 0 spiro atoms. The van der Waals surface area contributed by atoms with Gasteiger partial charge in [-0.3, -0.25) is 14.8 Å². The zero-order valence-electron chi connectivity index (χ0n) is 14.0. The van der Waals surface area contributed by atoms with E-state index in [1.54, 1.807) is 38.1 Å². The van der Waals surface area contributed by atoms with Crippen molar-refractivity contribution in [2.24, 2.45) is 11.7 Å². The average Bonchev–Trinajstić information content (AvgIpc) is 2.49. The molecule has 0 aromatic heterocycles. The first-order valence-electron chi connectivity index (χ1n) is 8.08. The van der Waals surface area contributed by atoms with Crippen molar-refractivity contribution in [1.82, 2.24) is 10.8 Å². The third kappa shape index (κ3) is 4.69. The Bertz CT molecular complexity index is 576. The second kappa shape index (κ2) is 7.63. The van der Waals surface area contributed by atoms with Crippen LogP contribution in [0.15, 0.2) is 24.3 Å². The molecule has 0 heterocycles. The molecule has 0 bridgehead atoms. The van der Waals surface area contributed by atoms with E-state index < -0.39 is 23.4 Å². The van der Waals surface area contributed by atoms with Crippen LogP contribution in [-0.2, 0) is 4.79 Å². The van der Waals surface area contributed by atoms with Gasteiger partial charge in [0.2, 0.25) is 0 Å². The number of nitrogens with two attached hydrogens (primary N) is 1. The fraction of sp³-hybridized carbons (Fsp3) is 0.529. The summed E-state index contributed by atoms with van der Waals surface area (Å²) < 4.78 is 5.69. The Balaban J connectivity index is 1.96. The standard InChI is InChI=1S/C17H25N3O4/c1-17(2,18)14(16(22)20-23)19-15(21)12-6-8-13(9-7-12)24-10-11-4-3-5-11/h6-9,11,14,23H,3-5,10,18H2,1-2H3,(H,19,21)(H,20,22)/t14-/m1/s1.